The Labute approximate surface area is 190 Å². The van der Waals surface area contributed by atoms with E-state index in [4.69, 9.17) is 0 Å². The van der Waals surface area contributed by atoms with Gasteiger partial charge in [0.05, 0.1) is 17.1 Å². The molecule has 1 aliphatic rings. The first-order valence-corrected chi connectivity index (χ1v) is 11.0. The zero-order valence-corrected chi connectivity index (χ0v) is 18.2. The van der Waals surface area contributed by atoms with E-state index in [-0.39, 0.29) is 17.5 Å². The van der Waals surface area contributed by atoms with E-state index in [9.17, 15) is 14.7 Å². The van der Waals surface area contributed by atoms with Crippen LogP contribution in [-0.2, 0) is 4.79 Å². The minimum absolute atomic E-state index is 0.0108. The van der Waals surface area contributed by atoms with Gasteiger partial charge in [-0.1, -0.05) is 36.4 Å². The van der Waals surface area contributed by atoms with Gasteiger partial charge in [-0.3, -0.25) is 4.79 Å². The summed E-state index contributed by atoms with van der Waals surface area (Å²) in [6, 6.07) is 19.1. The Kier molecular flexibility index (Phi) is 5.40. The third kappa shape index (κ3) is 4.23. The number of fused-ring (bicyclic) bond motifs is 1. The maximum Gasteiger partial charge on any atom is 0.337 e. The highest BCUT2D eigenvalue weighted by molar-refractivity contribution is 6.02. The largest absolute Gasteiger partial charge is 0.478 e. The minimum Gasteiger partial charge on any atom is -0.478 e. The molecule has 2 heterocycles. The number of hydrogen-bond acceptors (Lipinski definition) is 4. The number of aromatic carboxylic acids is 1. The first-order valence-electron chi connectivity index (χ1n) is 11.0. The molecule has 7 heteroatoms. The maximum atomic E-state index is 12.3. The zero-order valence-electron chi connectivity index (χ0n) is 18.2. The van der Waals surface area contributed by atoms with Crippen LogP contribution in [0.2, 0.25) is 0 Å². The van der Waals surface area contributed by atoms with Crippen molar-refractivity contribution in [2.45, 2.75) is 25.8 Å². The Morgan fingerprint density at radius 2 is 1.67 bits per heavy atom. The first kappa shape index (κ1) is 20.9. The molecule has 166 valence electrons. The minimum atomic E-state index is -0.990. The van der Waals surface area contributed by atoms with Gasteiger partial charge < -0.3 is 20.7 Å². The Balaban J connectivity index is 1.35. The summed E-state index contributed by atoms with van der Waals surface area (Å²) >= 11 is 0. The third-order valence-corrected chi connectivity index (χ3v) is 5.98. The first-order chi connectivity index (χ1) is 16.0. The fraction of sp³-hybridized carbons (Fsp3) is 0.192. The molecule has 0 spiro atoms. The summed E-state index contributed by atoms with van der Waals surface area (Å²) < 4.78 is 0. The van der Waals surface area contributed by atoms with Gasteiger partial charge >= 0.3 is 5.97 Å². The monoisotopic (exact) mass is 440 g/mol. The van der Waals surface area contributed by atoms with E-state index in [2.05, 4.69) is 20.6 Å². The second kappa shape index (κ2) is 8.52. The number of carbonyl (C=O) groups is 2. The van der Waals surface area contributed by atoms with Crippen LogP contribution in [0.4, 0.5) is 5.69 Å². The highest BCUT2D eigenvalue weighted by atomic mass is 16.4. The van der Waals surface area contributed by atoms with Gasteiger partial charge in [-0.25, -0.2) is 9.78 Å². The number of aromatic nitrogens is 2. The van der Waals surface area contributed by atoms with Crippen molar-refractivity contribution in [2.75, 3.05) is 11.9 Å². The Bertz CT molecular complexity index is 1330. The van der Waals surface area contributed by atoms with E-state index < -0.39 is 5.97 Å². The molecule has 0 saturated carbocycles. The molecule has 4 N–H and O–H groups in total. The second-order valence-corrected chi connectivity index (χ2v) is 8.39. The van der Waals surface area contributed by atoms with Gasteiger partial charge in [-0.2, -0.15) is 0 Å². The molecule has 33 heavy (non-hydrogen) atoms. The summed E-state index contributed by atoms with van der Waals surface area (Å²) in [5.41, 5.74) is 5.94. The van der Waals surface area contributed by atoms with Crippen molar-refractivity contribution in [1.82, 2.24) is 15.3 Å². The number of rotatable bonds is 5. The highest BCUT2D eigenvalue weighted by Crippen LogP contribution is 2.27. The molecule has 0 aliphatic carbocycles. The maximum absolute atomic E-state index is 12.3. The van der Waals surface area contributed by atoms with Crippen LogP contribution in [0.3, 0.4) is 0 Å². The number of carboxylic acid groups (broad SMARTS) is 1. The number of nitrogens with zero attached hydrogens (tertiary/aromatic N) is 1. The number of amides is 1. The average Bonchev–Trinajstić information content (AvgIpc) is 3.49. The standard InChI is InChI=1S/C26H24N4O3/c1-15-13-20(26(32)33)23-22(14-15)29-24(30-23)18-6-4-16(5-7-18)17-8-10-19(11-9-17)28-25(31)21-3-2-12-27-21/h4-11,13-14,21,27H,2-3,12H2,1H3,(H,28,31)(H,29,30)(H,32,33)/t21-/m0/s1. The number of carboxylic acids is 1. The molecule has 1 fully saturated rings. The van der Waals surface area contributed by atoms with Crippen LogP contribution in [0.1, 0.15) is 28.8 Å². The molecule has 0 radical (unpaired) electrons. The smallest absolute Gasteiger partial charge is 0.337 e. The number of H-pyrrole nitrogens is 1. The third-order valence-electron chi connectivity index (χ3n) is 5.98. The van der Waals surface area contributed by atoms with Crippen molar-refractivity contribution >= 4 is 28.6 Å². The lowest BCUT2D eigenvalue weighted by Crippen LogP contribution is -2.35. The van der Waals surface area contributed by atoms with Gasteiger partial charge in [0.2, 0.25) is 5.91 Å². The molecule has 1 atom stereocenters. The lowest BCUT2D eigenvalue weighted by atomic mass is 10.0. The van der Waals surface area contributed by atoms with Crippen LogP contribution in [0.15, 0.2) is 60.7 Å². The topological polar surface area (TPSA) is 107 Å². The van der Waals surface area contributed by atoms with E-state index in [0.717, 1.165) is 47.3 Å². The average molecular weight is 441 g/mol. The Morgan fingerprint density at radius 3 is 2.30 bits per heavy atom. The van der Waals surface area contributed by atoms with Gasteiger partial charge in [-0.05, 0) is 67.3 Å². The van der Waals surface area contributed by atoms with Crippen molar-refractivity contribution in [1.29, 1.82) is 0 Å². The number of carbonyl (C=O) groups excluding carboxylic acids is 1. The molecule has 1 saturated heterocycles. The van der Waals surface area contributed by atoms with Crippen LogP contribution in [-0.4, -0.2) is 39.5 Å². The Morgan fingerprint density at radius 1 is 1.00 bits per heavy atom. The molecular formula is C26H24N4O3. The van der Waals surface area contributed by atoms with Gasteiger partial charge in [0.1, 0.15) is 11.3 Å². The van der Waals surface area contributed by atoms with Crippen molar-refractivity contribution in [3.63, 3.8) is 0 Å². The molecule has 7 nitrogen and oxygen atoms in total. The predicted molar refractivity (Wildman–Crippen MR) is 128 cm³/mol. The molecule has 3 aromatic carbocycles. The molecule has 0 bridgehead atoms. The van der Waals surface area contributed by atoms with E-state index in [1.165, 1.54) is 0 Å². The lowest BCUT2D eigenvalue weighted by molar-refractivity contribution is -0.117. The van der Waals surface area contributed by atoms with Crippen molar-refractivity contribution in [2.24, 2.45) is 0 Å². The zero-order chi connectivity index (χ0) is 22.9. The number of hydrogen-bond donors (Lipinski definition) is 4. The molecule has 1 aromatic heterocycles. The predicted octanol–water partition coefficient (Wildman–Crippen LogP) is 4.59. The molecule has 5 rings (SSSR count). The summed E-state index contributed by atoms with van der Waals surface area (Å²) in [7, 11) is 0. The SMILES string of the molecule is Cc1cc(C(=O)O)c2nc(-c3ccc(-c4ccc(NC(=O)[C@@H]5CCCN5)cc4)cc3)[nH]c2c1. The van der Waals surface area contributed by atoms with Crippen LogP contribution in [0.5, 0.6) is 0 Å². The molecular weight excluding hydrogens is 416 g/mol. The van der Waals surface area contributed by atoms with Gasteiger partial charge in [0.25, 0.3) is 0 Å². The van der Waals surface area contributed by atoms with Crippen LogP contribution in [0.25, 0.3) is 33.5 Å². The molecule has 0 unspecified atom stereocenters. The fourth-order valence-corrected chi connectivity index (χ4v) is 4.27. The normalized spacial score (nSPS) is 15.6. The fourth-order valence-electron chi connectivity index (χ4n) is 4.27. The molecule has 4 aromatic rings. The van der Waals surface area contributed by atoms with Gasteiger partial charge in [0.15, 0.2) is 0 Å². The summed E-state index contributed by atoms with van der Waals surface area (Å²) in [6.45, 7) is 2.75. The number of aryl methyl sites for hydroxylation is 1. The summed E-state index contributed by atoms with van der Waals surface area (Å²) in [5.74, 6) is -0.351. The van der Waals surface area contributed by atoms with E-state index in [1.54, 1.807) is 6.07 Å². The summed E-state index contributed by atoms with van der Waals surface area (Å²) in [4.78, 5) is 31.6. The van der Waals surface area contributed by atoms with Crippen molar-refractivity contribution in [3.8, 4) is 22.5 Å². The van der Waals surface area contributed by atoms with Crippen LogP contribution < -0.4 is 10.6 Å². The number of aromatic amines is 1. The van der Waals surface area contributed by atoms with Crippen molar-refractivity contribution in [3.05, 3.63) is 71.8 Å². The number of imidazole rings is 1. The van der Waals surface area contributed by atoms with Crippen LogP contribution in [0, 0.1) is 6.92 Å². The van der Waals surface area contributed by atoms with E-state index >= 15 is 0 Å². The van der Waals surface area contributed by atoms with Gasteiger partial charge in [0, 0.05) is 11.3 Å². The summed E-state index contributed by atoms with van der Waals surface area (Å²) in [6.07, 6.45) is 1.90. The van der Waals surface area contributed by atoms with Crippen molar-refractivity contribution < 1.29 is 14.7 Å². The number of benzene rings is 3. The molecule has 1 aliphatic heterocycles. The lowest BCUT2D eigenvalue weighted by Gasteiger charge is -2.11. The van der Waals surface area contributed by atoms with Gasteiger partial charge in [-0.15, -0.1) is 0 Å². The summed E-state index contributed by atoms with van der Waals surface area (Å²) in [5, 5.41) is 15.7. The quantitative estimate of drug-likeness (QED) is 0.363. The van der Waals surface area contributed by atoms with Crippen LogP contribution >= 0.6 is 0 Å². The molecule has 1 amide bonds. The Hall–Kier alpha value is -3.97. The number of nitrogens with one attached hydrogen (secondary N) is 3. The number of anilines is 1. The second-order valence-electron chi connectivity index (χ2n) is 8.39. The van der Waals surface area contributed by atoms with E-state index in [0.29, 0.717) is 16.9 Å². The van der Waals surface area contributed by atoms with E-state index in [1.807, 2.05) is 61.5 Å². The highest BCUT2D eigenvalue weighted by Gasteiger charge is 2.21.